The molecule has 6 heteroatoms. The van der Waals surface area contributed by atoms with Gasteiger partial charge < -0.3 is 9.64 Å². The highest BCUT2D eigenvalue weighted by Gasteiger charge is 2.19. The van der Waals surface area contributed by atoms with Crippen LogP contribution in [0.15, 0.2) is 6.07 Å². The summed E-state index contributed by atoms with van der Waals surface area (Å²) in [5.74, 6) is 0.679. The van der Waals surface area contributed by atoms with Crippen LogP contribution in [-0.4, -0.2) is 30.8 Å². The number of hydrogen-bond acceptors (Lipinski definition) is 3. The number of pyridine rings is 1. The van der Waals surface area contributed by atoms with E-state index in [0.717, 1.165) is 26.1 Å². The van der Waals surface area contributed by atoms with Crippen molar-refractivity contribution in [1.82, 2.24) is 4.98 Å². The van der Waals surface area contributed by atoms with Crippen LogP contribution in [0.25, 0.3) is 0 Å². The molecule has 1 aliphatic heterocycles. The van der Waals surface area contributed by atoms with Crippen LogP contribution in [0, 0.1) is 0 Å². The van der Waals surface area contributed by atoms with Gasteiger partial charge in [0.1, 0.15) is 11.0 Å². The van der Waals surface area contributed by atoms with E-state index >= 15 is 0 Å². The second-order valence-corrected chi connectivity index (χ2v) is 5.22. The molecular formula is C11H13Cl3N2O. The first-order valence-corrected chi connectivity index (χ1v) is 6.59. The van der Waals surface area contributed by atoms with E-state index in [2.05, 4.69) is 9.88 Å². The van der Waals surface area contributed by atoms with Gasteiger partial charge in [-0.2, -0.15) is 0 Å². The Labute approximate surface area is 116 Å². The topological polar surface area (TPSA) is 25.4 Å². The summed E-state index contributed by atoms with van der Waals surface area (Å²) < 4.78 is 5.58. The monoisotopic (exact) mass is 294 g/mol. The minimum absolute atomic E-state index is 0.157. The van der Waals surface area contributed by atoms with Crippen LogP contribution < -0.4 is 4.90 Å². The summed E-state index contributed by atoms with van der Waals surface area (Å²) in [5.41, 5.74) is 0. The lowest BCUT2D eigenvalue weighted by Gasteiger charge is -2.24. The Bertz CT molecular complexity index is 414. The van der Waals surface area contributed by atoms with Crippen molar-refractivity contribution >= 4 is 40.6 Å². The summed E-state index contributed by atoms with van der Waals surface area (Å²) >= 11 is 17.9. The highest BCUT2D eigenvalue weighted by Crippen LogP contribution is 2.31. The Balaban J connectivity index is 2.28. The number of nitrogens with zero attached hydrogens (tertiary/aromatic N) is 2. The van der Waals surface area contributed by atoms with Gasteiger partial charge in [0, 0.05) is 19.7 Å². The molecule has 3 nitrogen and oxygen atoms in total. The molecule has 0 aliphatic carbocycles. The van der Waals surface area contributed by atoms with Crippen LogP contribution in [0.5, 0.6) is 0 Å². The lowest BCUT2D eigenvalue weighted by Crippen LogP contribution is -2.31. The smallest absolute Gasteiger partial charge is 0.150 e. The molecule has 1 atom stereocenters. The Morgan fingerprint density at radius 3 is 2.88 bits per heavy atom. The molecule has 1 aromatic heterocycles. The Morgan fingerprint density at radius 1 is 1.35 bits per heavy atom. The summed E-state index contributed by atoms with van der Waals surface area (Å²) in [4.78, 5) is 6.33. The maximum absolute atomic E-state index is 6.15. The lowest BCUT2D eigenvalue weighted by molar-refractivity contribution is 0.0820. The highest BCUT2D eigenvalue weighted by atomic mass is 35.5. The summed E-state index contributed by atoms with van der Waals surface area (Å²) in [6.45, 7) is 4.40. The zero-order valence-corrected chi connectivity index (χ0v) is 11.7. The maximum atomic E-state index is 6.15. The number of hydrogen-bond donors (Lipinski definition) is 0. The van der Waals surface area contributed by atoms with Crippen molar-refractivity contribution in [3.8, 4) is 0 Å². The minimum Gasteiger partial charge on any atom is -0.377 e. The molecule has 2 rings (SSSR count). The molecule has 0 amide bonds. The van der Waals surface area contributed by atoms with E-state index in [1.54, 1.807) is 6.07 Å². The van der Waals surface area contributed by atoms with Crippen LogP contribution in [0.3, 0.4) is 0 Å². The average molecular weight is 296 g/mol. The predicted molar refractivity (Wildman–Crippen MR) is 71.5 cm³/mol. The van der Waals surface area contributed by atoms with E-state index in [9.17, 15) is 0 Å². The fourth-order valence-electron chi connectivity index (χ4n) is 1.84. The van der Waals surface area contributed by atoms with E-state index < -0.39 is 0 Å². The molecule has 1 aromatic rings. The molecule has 0 bridgehead atoms. The molecule has 0 radical (unpaired) electrons. The van der Waals surface area contributed by atoms with Gasteiger partial charge in [-0.1, -0.05) is 34.8 Å². The normalized spacial score (nSPS) is 21.4. The van der Waals surface area contributed by atoms with E-state index in [-0.39, 0.29) is 11.3 Å². The number of halogens is 3. The van der Waals surface area contributed by atoms with Crippen molar-refractivity contribution in [2.45, 2.75) is 19.4 Å². The van der Waals surface area contributed by atoms with E-state index in [0.29, 0.717) is 15.9 Å². The van der Waals surface area contributed by atoms with E-state index in [1.807, 2.05) is 6.92 Å². The lowest BCUT2D eigenvalue weighted by atomic mass is 10.3. The largest absolute Gasteiger partial charge is 0.377 e. The number of aromatic nitrogens is 1. The average Bonchev–Trinajstić information content (AvgIpc) is 2.48. The third-order valence-corrected chi connectivity index (χ3v) is 3.57. The molecule has 1 aliphatic rings. The summed E-state index contributed by atoms with van der Waals surface area (Å²) in [6, 6.07) is 1.63. The molecule has 1 unspecified atom stereocenters. The van der Waals surface area contributed by atoms with Crippen molar-refractivity contribution in [2.75, 3.05) is 24.6 Å². The second-order valence-electron chi connectivity index (χ2n) is 4.05. The van der Waals surface area contributed by atoms with E-state index in [4.69, 9.17) is 39.5 Å². The molecule has 1 saturated heterocycles. The Kier molecular flexibility index (Phi) is 4.36. The molecule has 94 valence electrons. The van der Waals surface area contributed by atoms with Gasteiger partial charge in [0.2, 0.25) is 0 Å². The third kappa shape index (κ3) is 3.16. The highest BCUT2D eigenvalue weighted by molar-refractivity contribution is 6.42. The first kappa shape index (κ1) is 13.2. The fourth-order valence-corrected chi connectivity index (χ4v) is 2.46. The van der Waals surface area contributed by atoms with Crippen LogP contribution in [0.1, 0.15) is 13.3 Å². The van der Waals surface area contributed by atoms with Gasteiger partial charge in [-0.3, -0.25) is 0 Å². The molecule has 17 heavy (non-hydrogen) atoms. The zero-order chi connectivity index (χ0) is 12.4. The maximum Gasteiger partial charge on any atom is 0.150 e. The van der Waals surface area contributed by atoms with Gasteiger partial charge in [-0.25, -0.2) is 4.98 Å². The van der Waals surface area contributed by atoms with Crippen LogP contribution >= 0.6 is 34.8 Å². The Morgan fingerprint density at radius 2 is 2.12 bits per heavy atom. The molecule has 0 spiro atoms. The van der Waals surface area contributed by atoms with Crippen molar-refractivity contribution < 1.29 is 4.74 Å². The van der Waals surface area contributed by atoms with Gasteiger partial charge in [0.25, 0.3) is 0 Å². The summed E-state index contributed by atoms with van der Waals surface area (Å²) in [6.07, 6.45) is 1.10. The molecule has 0 saturated carbocycles. The van der Waals surface area contributed by atoms with Gasteiger partial charge in [-0.05, 0) is 19.4 Å². The van der Waals surface area contributed by atoms with Crippen molar-refractivity contribution in [3.05, 3.63) is 21.3 Å². The number of ether oxygens (including phenoxy) is 1. The van der Waals surface area contributed by atoms with Crippen LogP contribution in [0.2, 0.25) is 15.2 Å². The number of rotatable bonds is 1. The van der Waals surface area contributed by atoms with Gasteiger partial charge >= 0.3 is 0 Å². The first-order chi connectivity index (χ1) is 8.08. The SMILES string of the molecule is CC1CN(c2nc(Cl)c(Cl)cc2Cl)CCCO1. The molecule has 2 heterocycles. The fraction of sp³-hybridized carbons (Fsp3) is 0.545. The second kappa shape index (κ2) is 5.61. The van der Waals surface area contributed by atoms with Crippen LogP contribution in [0.4, 0.5) is 5.82 Å². The third-order valence-electron chi connectivity index (χ3n) is 2.62. The van der Waals surface area contributed by atoms with Crippen molar-refractivity contribution in [1.29, 1.82) is 0 Å². The molecule has 0 aromatic carbocycles. The standard InChI is InChI=1S/C11H13Cl3N2O/c1-7-6-16(3-2-4-17-7)11-9(13)5-8(12)10(14)15-11/h5,7H,2-4,6H2,1H3. The molecule has 1 fully saturated rings. The van der Waals surface area contributed by atoms with Crippen molar-refractivity contribution in [3.63, 3.8) is 0 Å². The van der Waals surface area contributed by atoms with Crippen LogP contribution in [-0.2, 0) is 4.74 Å². The van der Waals surface area contributed by atoms with Gasteiger partial charge in [-0.15, -0.1) is 0 Å². The summed E-state index contributed by atoms with van der Waals surface area (Å²) in [7, 11) is 0. The summed E-state index contributed by atoms with van der Waals surface area (Å²) in [5, 5.41) is 1.18. The van der Waals surface area contributed by atoms with Gasteiger partial charge in [0.15, 0.2) is 0 Å². The molecule has 0 N–H and O–H groups in total. The molecular weight excluding hydrogens is 282 g/mol. The van der Waals surface area contributed by atoms with Gasteiger partial charge in [0.05, 0.1) is 16.1 Å². The first-order valence-electron chi connectivity index (χ1n) is 5.46. The number of anilines is 1. The Hall–Kier alpha value is -0.220. The zero-order valence-electron chi connectivity index (χ0n) is 9.42. The van der Waals surface area contributed by atoms with E-state index in [1.165, 1.54) is 0 Å². The van der Waals surface area contributed by atoms with Crippen molar-refractivity contribution in [2.24, 2.45) is 0 Å². The predicted octanol–water partition coefficient (Wildman–Crippen LogP) is 3.66. The quantitative estimate of drug-likeness (QED) is 0.739. The minimum atomic E-state index is 0.157.